The van der Waals surface area contributed by atoms with Gasteiger partial charge >= 0.3 is 17.6 Å². The Balaban J connectivity index is 2.00. The van der Waals surface area contributed by atoms with Gasteiger partial charge in [0, 0.05) is 44.0 Å². The highest BCUT2D eigenvalue weighted by Gasteiger charge is 2.32. The van der Waals surface area contributed by atoms with Crippen molar-refractivity contribution in [1.29, 1.82) is 0 Å². The quantitative estimate of drug-likeness (QED) is 0.206. The molecular weight excluding hydrogens is 509 g/mol. The van der Waals surface area contributed by atoms with Gasteiger partial charge in [-0.25, -0.2) is 14.4 Å². The first kappa shape index (κ1) is 27.5. The zero-order chi connectivity index (χ0) is 27.4. The van der Waals surface area contributed by atoms with E-state index in [0.717, 1.165) is 6.08 Å². The second kappa shape index (κ2) is 11.3. The molecular formula is C25H24ClFN3O7+. The van der Waals surface area contributed by atoms with Crippen LogP contribution in [-0.4, -0.2) is 53.6 Å². The molecule has 0 saturated carbocycles. The molecule has 2 aromatic rings. The number of amides is 3. The van der Waals surface area contributed by atoms with Crippen molar-refractivity contribution in [2.75, 3.05) is 14.1 Å². The van der Waals surface area contributed by atoms with Crippen molar-refractivity contribution in [2.24, 2.45) is 0 Å². The highest BCUT2D eigenvalue weighted by Crippen LogP contribution is 2.33. The van der Waals surface area contributed by atoms with E-state index >= 15 is 0 Å². The molecule has 1 aromatic carbocycles. The summed E-state index contributed by atoms with van der Waals surface area (Å²) in [6.45, 7) is 3.22. The highest BCUT2D eigenvalue weighted by atomic mass is 35.5. The predicted molar refractivity (Wildman–Crippen MR) is 132 cm³/mol. The van der Waals surface area contributed by atoms with Gasteiger partial charge in [0.05, 0.1) is 11.4 Å². The normalized spacial score (nSPS) is 14.4. The predicted octanol–water partition coefficient (Wildman–Crippen LogP) is 3.16. The molecule has 1 aliphatic carbocycles. The van der Waals surface area contributed by atoms with E-state index in [0.29, 0.717) is 21.2 Å². The maximum Gasteiger partial charge on any atom is 0.480 e. The fourth-order valence-corrected chi connectivity index (χ4v) is 3.75. The number of carbonyl (C=O) groups excluding carboxylic acids is 4. The minimum absolute atomic E-state index is 0.000103. The van der Waals surface area contributed by atoms with Crippen LogP contribution in [0.15, 0.2) is 44.9 Å². The molecule has 0 bridgehead atoms. The number of aldehydes is 1. The van der Waals surface area contributed by atoms with E-state index in [4.69, 9.17) is 20.8 Å². The number of benzene rings is 1. The van der Waals surface area contributed by atoms with Crippen molar-refractivity contribution in [3.05, 3.63) is 62.3 Å². The van der Waals surface area contributed by atoms with Crippen molar-refractivity contribution in [1.82, 2.24) is 10.3 Å². The third-order valence-electron chi connectivity index (χ3n) is 5.59. The van der Waals surface area contributed by atoms with E-state index in [1.807, 2.05) is 0 Å². The summed E-state index contributed by atoms with van der Waals surface area (Å²) in [4.78, 5) is 61.0. The van der Waals surface area contributed by atoms with Crippen LogP contribution >= 0.6 is 11.6 Å². The molecule has 0 spiro atoms. The minimum Gasteiger partial charge on any atom is -0.422 e. The Labute approximate surface area is 215 Å². The number of hydrogen-bond donors (Lipinski definition) is 1. The van der Waals surface area contributed by atoms with Gasteiger partial charge in [-0.2, -0.15) is 4.39 Å². The van der Waals surface area contributed by atoms with Gasteiger partial charge in [-0.15, -0.1) is 5.43 Å². The topological polar surface area (TPSA) is 126 Å². The number of ether oxygens (including phenoxy) is 1. The fraction of sp³-hybridized carbons (Fsp3) is 0.280. The monoisotopic (exact) mass is 532 g/mol. The lowest BCUT2D eigenvalue weighted by Gasteiger charge is -2.15. The number of nitrogens with one attached hydrogen (secondary N) is 1. The van der Waals surface area contributed by atoms with Crippen molar-refractivity contribution in [3.8, 4) is 5.75 Å². The number of rotatable bonds is 5. The molecule has 10 nitrogen and oxygen atoms in total. The fourth-order valence-electron chi connectivity index (χ4n) is 3.55. The van der Waals surface area contributed by atoms with Crippen molar-refractivity contribution >= 4 is 52.5 Å². The van der Waals surface area contributed by atoms with Gasteiger partial charge in [0.1, 0.15) is 5.58 Å². The van der Waals surface area contributed by atoms with E-state index in [1.54, 1.807) is 6.92 Å². The second-order valence-electron chi connectivity index (χ2n) is 8.35. The van der Waals surface area contributed by atoms with Gasteiger partial charge < -0.3 is 14.1 Å². The Bertz CT molecular complexity index is 1470. The lowest BCUT2D eigenvalue weighted by molar-refractivity contribution is -0.491. The Hall–Kier alpha value is -4.12. The van der Waals surface area contributed by atoms with Crippen molar-refractivity contribution in [2.45, 2.75) is 33.1 Å². The Kier molecular flexibility index (Phi) is 8.38. The van der Waals surface area contributed by atoms with Gasteiger partial charge in [-0.3, -0.25) is 9.59 Å². The van der Waals surface area contributed by atoms with Crippen LogP contribution in [0.4, 0.5) is 9.18 Å². The first-order chi connectivity index (χ1) is 17.5. The Morgan fingerprint density at radius 1 is 1.27 bits per heavy atom. The maximum absolute atomic E-state index is 14.6. The van der Waals surface area contributed by atoms with Crippen LogP contribution in [0, 0.1) is 6.92 Å². The van der Waals surface area contributed by atoms with Crippen molar-refractivity contribution in [3.63, 3.8) is 0 Å². The SMILES string of the molecule is CCC(=O)N[N+](C(=O)C=O)=C1CC(Cc2c(C)c3cc(Cl)c(OC(=O)N(C)C)cc3oc2=O)=CC=C1F. The largest absolute Gasteiger partial charge is 0.480 e. The lowest BCUT2D eigenvalue weighted by atomic mass is 9.93. The molecule has 12 heteroatoms. The summed E-state index contributed by atoms with van der Waals surface area (Å²) in [6.07, 6.45) is 1.69. The molecule has 1 N–H and O–H groups in total. The molecule has 0 fully saturated rings. The third-order valence-corrected chi connectivity index (χ3v) is 5.89. The van der Waals surface area contributed by atoms with Crippen LogP contribution in [0.25, 0.3) is 11.0 Å². The molecule has 0 atom stereocenters. The molecule has 0 saturated heterocycles. The van der Waals surface area contributed by atoms with E-state index < -0.39 is 29.4 Å². The number of carbonyl (C=O) groups is 4. The van der Waals surface area contributed by atoms with Gasteiger partial charge in [0.25, 0.3) is 17.9 Å². The smallest absolute Gasteiger partial charge is 0.422 e. The molecule has 1 aromatic heterocycles. The van der Waals surface area contributed by atoms with E-state index in [2.05, 4.69) is 5.43 Å². The zero-order valence-corrected chi connectivity index (χ0v) is 21.3. The summed E-state index contributed by atoms with van der Waals surface area (Å²) in [7, 11) is 3.01. The molecule has 37 heavy (non-hydrogen) atoms. The van der Waals surface area contributed by atoms with E-state index in [9.17, 15) is 28.4 Å². The number of hydrogen-bond acceptors (Lipinski definition) is 7. The minimum atomic E-state index is -1.15. The average Bonchev–Trinajstić information content (AvgIpc) is 2.86. The number of allylic oxidation sites excluding steroid dienone is 4. The second-order valence-corrected chi connectivity index (χ2v) is 8.76. The average molecular weight is 533 g/mol. The standard InChI is InChI=1S/C25H23ClFN3O7/c1-5-22(32)28-30(23(33)12-31)19-9-14(6-7-18(19)27)8-16-13(2)15-10-17(26)21(37-25(35)29(3)4)11-20(15)36-24(16)34/h6-7,10-12H,5,8-9H2,1-4H3/p+1. The van der Waals surface area contributed by atoms with Crippen LogP contribution in [0.5, 0.6) is 5.75 Å². The summed E-state index contributed by atoms with van der Waals surface area (Å²) in [5.41, 5.74) is 2.77. The molecule has 0 radical (unpaired) electrons. The van der Waals surface area contributed by atoms with Crippen LogP contribution < -0.4 is 15.8 Å². The van der Waals surface area contributed by atoms with Gasteiger partial charge in [0.2, 0.25) is 0 Å². The van der Waals surface area contributed by atoms with Gasteiger partial charge in [-0.05, 0) is 29.3 Å². The number of hydrazine groups is 1. The number of hydrazone groups is 1. The number of aryl methyl sites for hydroxylation is 1. The maximum atomic E-state index is 14.6. The van der Waals surface area contributed by atoms with Crippen LogP contribution in [0.1, 0.15) is 30.9 Å². The lowest BCUT2D eigenvalue weighted by Crippen LogP contribution is -2.43. The van der Waals surface area contributed by atoms with E-state index in [-0.39, 0.29) is 53.2 Å². The summed E-state index contributed by atoms with van der Waals surface area (Å²) < 4.78 is 25.9. The van der Waals surface area contributed by atoms with E-state index in [1.165, 1.54) is 44.1 Å². The number of nitrogens with zero attached hydrogens (tertiary/aromatic N) is 2. The summed E-state index contributed by atoms with van der Waals surface area (Å²) in [6, 6.07) is 2.86. The van der Waals surface area contributed by atoms with Crippen LogP contribution in [0.3, 0.4) is 0 Å². The molecule has 0 aliphatic heterocycles. The molecule has 194 valence electrons. The Morgan fingerprint density at radius 2 is 1.97 bits per heavy atom. The summed E-state index contributed by atoms with van der Waals surface area (Å²) in [5.74, 6) is -2.54. The molecule has 3 amide bonds. The van der Waals surface area contributed by atoms with Crippen LogP contribution in [-0.2, 0) is 20.8 Å². The zero-order valence-electron chi connectivity index (χ0n) is 20.5. The number of halogens is 2. The number of fused-ring (bicyclic) bond motifs is 1. The summed E-state index contributed by atoms with van der Waals surface area (Å²) in [5, 5.41) is 0.623. The molecule has 3 rings (SSSR count). The molecule has 0 unspecified atom stereocenters. The highest BCUT2D eigenvalue weighted by molar-refractivity contribution is 6.33. The van der Waals surface area contributed by atoms with Gasteiger partial charge in [-0.1, -0.05) is 30.2 Å². The van der Waals surface area contributed by atoms with Crippen molar-refractivity contribution < 1.29 is 37.4 Å². The molecule has 1 aliphatic rings. The Morgan fingerprint density at radius 3 is 2.59 bits per heavy atom. The third kappa shape index (κ3) is 6.00. The first-order valence-corrected chi connectivity index (χ1v) is 11.5. The van der Waals surface area contributed by atoms with Crippen LogP contribution in [0.2, 0.25) is 5.02 Å². The first-order valence-electron chi connectivity index (χ1n) is 11.1. The van der Waals surface area contributed by atoms with Gasteiger partial charge in [0.15, 0.2) is 11.6 Å². The summed E-state index contributed by atoms with van der Waals surface area (Å²) >= 11 is 6.29. The molecule has 1 heterocycles.